The number of rotatable bonds is 3. The van der Waals surface area contributed by atoms with E-state index < -0.39 is 0 Å². The Bertz CT molecular complexity index is 331. The van der Waals surface area contributed by atoms with Gasteiger partial charge in [0.05, 0.1) is 19.9 Å². The first kappa shape index (κ1) is 10.7. The van der Waals surface area contributed by atoms with Crippen LogP contribution in [0.4, 0.5) is 0 Å². The van der Waals surface area contributed by atoms with Crippen molar-refractivity contribution in [3.05, 3.63) is 17.7 Å². The number of aromatic nitrogens is 2. The molecule has 0 aliphatic carbocycles. The molecular formula is C9H15N3O2. The highest BCUT2D eigenvalue weighted by Crippen LogP contribution is 2.05. The van der Waals surface area contributed by atoms with E-state index in [0.717, 1.165) is 5.82 Å². The fourth-order valence-electron chi connectivity index (χ4n) is 1.17. The summed E-state index contributed by atoms with van der Waals surface area (Å²) < 4.78 is 6.36. The standard InChI is InChI=1S/C9H15N3O2/c1-11(2)6-8-10-5-7(12(8)3)9(13)14-4/h5H,6H2,1-4H3. The summed E-state index contributed by atoms with van der Waals surface area (Å²) >= 11 is 0. The van der Waals surface area contributed by atoms with Crippen molar-refractivity contribution in [2.24, 2.45) is 7.05 Å². The summed E-state index contributed by atoms with van der Waals surface area (Å²) in [7, 11) is 7.07. The average Bonchev–Trinajstić information content (AvgIpc) is 2.46. The molecule has 1 aromatic rings. The summed E-state index contributed by atoms with van der Waals surface area (Å²) in [5.41, 5.74) is 0.476. The van der Waals surface area contributed by atoms with E-state index in [-0.39, 0.29) is 5.97 Å². The summed E-state index contributed by atoms with van der Waals surface area (Å²) in [6, 6.07) is 0. The molecule has 1 aromatic heterocycles. The van der Waals surface area contributed by atoms with E-state index in [0.29, 0.717) is 12.2 Å². The Hall–Kier alpha value is -1.36. The predicted molar refractivity (Wildman–Crippen MR) is 51.9 cm³/mol. The zero-order valence-electron chi connectivity index (χ0n) is 8.94. The molecule has 14 heavy (non-hydrogen) atoms. The van der Waals surface area contributed by atoms with Gasteiger partial charge in [-0.05, 0) is 14.1 Å². The third-order valence-corrected chi connectivity index (χ3v) is 1.94. The highest BCUT2D eigenvalue weighted by Gasteiger charge is 2.13. The van der Waals surface area contributed by atoms with Crippen molar-refractivity contribution in [1.29, 1.82) is 0 Å². The van der Waals surface area contributed by atoms with Crippen LogP contribution in [0.3, 0.4) is 0 Å². The van der Waals surface area contributed by atoms with E-state index in [4.69, 9.17) is 0 Å². The Kier molecular flexibility index (Phi) is 3.24. The lowest BCUT2D eigenvalue weighted by Crippen LogP contribution is -2.16. The highest BCUT2D eigenvalue weighted by atomic mass is 16.5. The maximum absolute atomic E-state index is 11.2. The van der Waals surface area contributed by atoms with Crippen molar-refractivity contribution < 1.29 is 9.53 Å². The van der Waals surface area contributed by atoms with Crippen LogP contribution in [0.5, 0.6) is 0 Å². The largest absolute Gasteiger partial charge is 0.464 e. The van der Waals surface area contributed by atoms with Gasteiger partial charge >= 0.3 is 5.97 Å². The number of hydrogen-bond acceptors (Lipinski definition) is 4. The topological polar surface area (TPSA) is 47.4 Å². The molecule has 78 valence electrons. The lowest BCUT2D eigenvalue weighted by molar-refractivity contribution is 0.0589. The number of esters is 1. The van der Waals surface area contributed by atoms with Gasteiger partial charge in [-0.2, -0.15) is 0 Å². The van der Waals surface area contributed by atoms with Gasteiger partial charge in [-0.15, -0.1) is 0 Å². The second-order valence-electron chi connectivity index (χ2n) is 3.35. The molecule has 0 atom stereocenters. The molecule has 0 aliphatic heterocycles. The molecule has 1 rings (SSSR count). The molecule has 0 aromatic carbocycles. The summed E-state index contributed by atoms with van der Waals surface area (Å²) in [4.78, 5) is 17.4. The second kappa shape index (κ2) is 4.23. The molecule has 1 heterocycles. The maximum Gasteiger partial charge on any atom is 0.356 e. The maximum atomic E-state index is 11.2. The fourth-order valence-corrected chi connectivity index (χ4v) is 1.17. The first-order chi connectivity index (χ1) is 6.56. The molecule has 0 N–H and O–H groups in total. The zero-order chi connectivity index (χ0) is 10.7. The van der Waals surface area contributed by atoms with Gasteiger partial charge in [0.1, 0.15) is 11.5 Å². The molecule has 0 aliphatic rings. The van der Waals surface area contributed by atoms with Gasteiger partial charge < -0.3 is 14.2 Å². The van der Waals surface area contributed by atoms with Crippen molar-refractivity contribution in [2.75, 3.05) is 21.2 Å². The molecule has 0 saturated carbocycles. The van der Waals surface area contributed by atoms with Gasteiger partial charge in [0.25, 0.3) is 0 Å². The van der Waals surface area contributed by atoms with Gasteiger partial charge in [0.15, 0.2) is 0 Å². The van der Waals surface area contributed by atoms with E-state index in [2.05, 4.69) is 9.72 Å². The number of imidazole rings is 1. The Morgan fingerprint density at radius 1 is 1.64 bits per heavy atom. The molecule has 5 nitrogen and oxygen atoms in total. The van der Waals surface area contributed by atoms with E-state index in [1.54, 1.807) is 11.6 Å². The number of ether oxygens (including phenoxy) is 1. The SMILES string of the molecule is COC(=O)c1cnc(CN(C)C)n1C. The number of carbonyl (C=O) groups excluding carboxylic acids is 1. The van der Waals surface area contributed by atoms with Crippen LogP contribution in [0, 0.1) is 0 Å². The van der Waals surface area contributed by atoms with Crippen molar-refractivity contribution in [1.82, 2.24) is 14.5 Å². The highest BCUT2D eigenvalue weighted by molar-refractivity contribution is 5.87. The van der Waals surface area contributed by atoms with Crippen molar-refractivity contribution >= 4 is 5.97 Å². The molecule has 0 radical (unpaired) electrons. The van der Waals surface area contributed by atoms with Crippen LogP contribution in [-0.4, -0.2) is 41.6 Å². The third kappa shape index (κ3) is 2.11. The number of nitrogens with zero attached hydrogens (tertiary/aromatic N) is 3. The van der Waals surface area contributed by atoms with Crippen LogP contribution in [-0.2, 0) is 18.3 Å². The molecule has 0 unspecified atom stereocenters. The van der Waals surface area contributed by atoms with Crippen molar-refractivity contribution in [3.8, 4) is 0 Å². The molecule has 0 bridgehead atoms. The van der Waals surface area contributed by atoms with E-state index in [1.807, 2.05) is 19.0 Å². The lowest BCUT2D eigenvalue weighted by Gasteiger charge is -2.09. The first-order valence-electron chi connectivity index (χ1n) is 4.30. The van der Waals surface area contributed by atoms with Crippen LogP contribution in [0.15, 0.2) is 6.20 Å². The Balaban J connectivity index is 2.90. The molecule has 5 heteroatoms. The summed E-state index contributed by atoms with van der Waals surface area (Å²) in [5.74, 6) is 0.486. The number of methoxy groups -OCH3 is 1. The minimum absolute atomic E-state index is 0.356. The first-order valence-corrected chi connectivity index (χ1v) is 4.30. The summed E-state index contributed by atoms with van der Waals surface area (Å²) in [5, 5.41) is 0. The van der Waals surface area contributed by atoms with Crippen LogP contribution in [0.2, 0.25) is 0 Å². The number of carbonyl (C=O) groups is 1. The minimum atomic E-state index is -0.356. The van der Waals surface area contributed by atoms with E-state index in [9.17, 15) is 4.79 Å². The van der Waals surface area contributed by atoms with Gasteiger partial charge in [0, 0.05) is 7.05 Å². The van der Waals surface area contributed by atoms with Crippen molar-refractivity contribution in [2.45, 2.75) is 6.54 Å². The minimum Gasteiger partial charge on any atom is -0.464 e. The summed E-state index contributed by atoms with van der Waals surface area (Å²) in [6.07, 6.45) is 1.53. The normalized spacial score (nSPS) is 10.6. The van der Waals surface area contributed by atoms with Crippen LogP contribution < -0.4 is 0 Å². The smallest absolute Gasteiger partial charge is 0.356 e. The predicted octanol–water partition coefficient (Wildman–Crippen LogP) is 0.268. The monoisotopic (exact) mass is 197 g/mol. The van der Waals surface area contributed by atoms with Gasteiger partial charge in [0.2, 0.25) is 0 Å². The van der Waals surface area contributed by atoms with E-state index in [1.165, 1.54) is 13.3 Å². The Labute approximate surface area is 83.3 Å². The quantitative estimate of drug-likeness (QED) is 0.652. The molecule has 0 saturated heterocycles. The Morgan fingerprint density at radius 3 is 2.79 bits per heavy atom. The second-order valence-corrected chi connectivity index (χ2v) is 3.35. The number of hydrogen-bond donors (Lipinski definition) is 0. The van der Waals surface area contributed by atoms with Gasteiger partial charge in [-0.3, -0.25) is 0 Å². The molecular weight excluding hydrogens is 182 g/mol. The van der Waals surface area contributed by atoms with Gasteiger partial charge in [-0.25, -0.2) is 9.78 Å². The lowest BCUT2D eigenvalue weighted by atomic mass is 10.5. The van der Waals surface area contributed by atoms with Crippen LogP contribution in [0.1, 0.15) is 16.3 Å². The van der Waals surface area contributed by atoms with Crippen LogP contribution in [0.25, 0.3) is 0 Å². The Morgan fingerprint density at radius 2 is 2.29 bits per heavy atom. The average molecular weight is 197 g/mol. The zero-order valence-corrected chi connectivity index (χ0v) is 8.94. The van der Waals surface area contributed by atoms with Crippen molar-refractivity contribution in [3.63, 3.8) is 0 Å². The van der Waals surface area contributed by atoms with E-state index >= 15 is 0 Å². The molecule has 0 amide bonds. The third-order valence-electron chi connectivity index (χ3n) is 1.94. The molecule has 0 spiro atoms. The fraction of sp³-hybridized carbons (Fsp3) is 0.556. The van der Waals surface area contributed by atoms with Gasteiger partial charge in [-0.1, -0.05) is 0 Å². The molecule has 0 fully saturated rings. The van der Waals surface area contributed by atoms with Crippen LogP contribution >= 0.6 is 0 Å². The summed E-state index contributed by atoms with van der Waals surface area (Å²) in [6.45, 7) is 0.702.